The van der Waals surface area contributed by atoms with E-state index in [0.29, 0.717) is 0 Å². The Bertz CT molecular complexity index is 214. The van der Waals surface area contributed by atoms with Crippen molar-refractivity contribution >= 4 is 0 Å². The molecule has 0 spiro atoms. The summed E-state index contributed by atoms with van der Waals surface area (Å²) in [5.41, 5.74) is 2.68. The molecule has 0 radical (unpaired) electrons. The third-order valence-corrected chi connectivity index (χ3v) is 1.55. The Morgan fingerprint density at radius 1 is 1.50 bits per heavy atom. The van der Waals surface area contributed by atoms with Crippen LogP contribution in [0.3, 0.4) is 0 Å². The van der Waals surface area contributed by atoms with Gasteiger partial charge in [0.05, 0.1) is 0 Å². The Kier molecular flexibility index (Phi) is 2.27. The first-order valence-electron chi connectivity index (χ1n) is 3.49. The first kappa shape index (κ1) is 7.07. The fourth-order valence-electron chi connectivity index (χ4n) is 0.928. The van der Waals surface area contributed by atoms with Gasteiger partial charge in [-0.15, -0.1) is 0 Å². The highest BCUT2D eigenvalue weighted by Crippen LogP contribution is 2.14. The summed E-state index contributed by atoms with van der Waals surface area (Å²) in [4.78, 5) is 0. The summed E-state index contributed by atoms with van der Waals surface area (Å²) in [6.45, 7) is 5.76. The maximum Gasteiger partial charge on any atom is -0.00917 e. The zero-order chi connectivity index (χ0) is 7.40. The first-order valence-corrected chi connectivity index (χ1v) is 3.49. The average Bonchev–Trinajstić information content (AvgIpc) is 1.95. The highest BCUT2D eigenvalue weighted by molar-refractivity contribution is 5.35. The molecule has 10 heavy (non-hydrogen) atoms. The van der Waals surface area contributed by atoms with Crippen LogP contribution in [0.2, 0.25) is 0 Å². The van der Waals surface area contributed by atoms with E-state index in [0.717, 1.165) is 6.42 Å². The van der Waals surface area contributed by atoms with Gasteiger partial charge in [-0.2, -0.15) is 0 Å². The predicted molar refractivity (Wildman–Crippen MR) is 45.8 cm³/mol. The molecule has 0 saturated heterocycles. The fraction of sp³-hybridized carbons (Fsp3) is 0.200. The Morgan fingerprint density at radius 3 is 2.80 bits per heavy atom. The molecule has 1 rings (SSSR count). The molecule has 0 heterocycles. The van der Waals surface area contributed by atoms with Crippen LogP contribution in [0.5, 0.6) is 0 Å². The molecule has 0 heteroatoms. The van der Waals surface area contributed by atoms with Crippen LogP contribution in [0.1, 0.15) is 13.3 Å². The zero-order valence-electron chi connectivity index (χ0n) is 6.30. The van der Waals surface area contributed by atoms with Crippen LogP contribution in [-0.2, 0) is 0 Å². The van der Waals surface area contributed by atoms with Gasteiger partial charge in [-0.1, -0.05) is 42.5 Å². The van der Waals surface area contributed by atoms with E-state index in [1.54, 1.807) is 0 Å². The number of rotatable bonds is 1. The zero-order valence-corrected chi connectivity index (χ0v) is 6.30. The second kappa shape index (κ2) is 3.21. The van der Waals surface area contributed by atoms with Crippen molar-refractivity contribution in [1.29, 1.82) is 0 Å². The predicted octanol–water partition coefficient (Wildman–Crippen LogP) is 3.01. The molecule has 0 atom stereocenters. The van der Waals surface area contributed by atoms with Crippen LogP contribution >= 0.6 is 0 Å². The van der Waals surface area contributed by atoms with Gasteiger partial charge in [0, 0.05) is 0 Å². The summed E-state index contributed by atoms with van der Waals surface area (Å²) in [5.74, 6) is 0. The molecule has 0 nitrogen and oxygen atoms in total. The molecule has 0 unspecified atom stereocenters. The quantitative estimate of drug-likeness (QED) is 0.514. The molecule has 0 saturated carbocycles. The average molecular weight is 132 g/mol. The number of hydrogen-bond donors (Lipinski definition) is 0. The molecule has 0 aliphatic heterocycles. The van der Waals surface area contributed by atoms with Gasteiger partial charge in [-0.25, -0.2) is 0 Å². The van der Waals surface area contributed by atoms with Gasteiger partial charge >= 0.3 is 0 Å². The molecule has 1 aliphatic carbocycles. The second-order valence-corrected chi connectivity index (χ2v) is 2.46. The number of hydrogen-bond acceptors (Lipinski definition) is 0. The van der Waals surface area contributed by atoms with Gasteiger partial charge in [0.1, 0.15) is 0 Å². The van der Waals surface area contributed by atoms with E-state index < -0.39 is 0 Å². The minimum Gasteiger partial charge on any atom is -0.0991 e. The van der Waals surface area contributed by atoms with E-state index in [9.17, 15) is 0 Å². The molecule has 1 aliphatic rings. The van der Waals surface area contributed by atoms with Gasteiger partial charge in [-0.3, -0.25) is 0 Å². The Balaban J connectivity index is 2.69. The summed E-state index contributed by atoms with van der Waals surface area (Å²) in [5, 5.41) is 0. The Labute approximate surface area is 62.3 Å². The minimum absolute atomic E-state index is 1.05. The lowest BCUT2D eigenvalue weighted by Crippen LogP contribution is -1.82. The van der Waals surface area contributed by atoms with Crippen LogP contribution < -0.4 is 0 Å². The van der Waals surface area contributed by atoms with Gasteiger partial charge < -0.3 is 0 Å². The molecule has 52 valence electrons. The largest absolute Gasteiger partial charge is 0.0991 e. The van der Waals surface area contributed by atoms with Crippen molar-refractivity contribution in [3.63, 3.8) is 0 Å². The lowest BCUT2D eigenvalue weighted by molar-refractivity contribution is 1.22. The van der Waals surface area contributed by atoms with Crippen LogP contribution in [-0.4, -0.2) is 0 Å². The van der Waals surface area contributed by atoms with E-state index in [2.05, 4.69) is 31.7 Å². The highest BCUT2D eigenvalue weighted by Gasteiger charge is 1.94. The molecule has 0 aromatic carbocycles. The normalized spacial score (nSPS) is 20.9. The maximum atomic E-state index is 3.64. The Hall–Kier alpha value is -1.04. The summed E-state index contributed by atoms with van der Waals surface area (Å²) >= 11 is 0. The monoisotopic (exact) mass is 132 g/mol. The lowest BCUT2D eigenvalue weighted by atomic mass is 10.0. The van der Waals surface area contributed by atoms with E-state index in [4.69, 9.17) is 0 Å². The van der Waals surface area contributed by atoms with E-state index in [-0.39, 0.29) is 0 Å². The summed E-state index contributed by atoms with van der Waals surface area (Å²) in [6.07, 6.45) is 11.4. The lowest BCUT2D eigenvalue weighted by Gasteiger charge is -2.03. The molecule has 0 fully saturated rings. The van der Waals surface area contributed by atoms with Gasteiger partial charge in [0.2, 0.25) is 0 Å². The topological polar surface area (TPSA) is 0 Å². The van der Waals surface area contributed by atoms with Crippen LogP contribution in [0.4, 0.5) is 0 Å². The minimum atomic E-state index is 1.05. The van der Waals surface area contributed by atoms with Gasteiger partial charge in [0.15, 0.2) is 0 Å². The van der Waals surface area contributed by atoms with Crippen molar-refractivity contribution < 1.29 is 0 Å². The SMILES string of the molecule is C=CC=C1C=CC(C)=CC1. The maximum absolute atomic E-state index is 3.64. The summed E-state index contributed by atoms with van der Waals surface area (Å²) in [6, 6.07) is 0. The van der Waals surface area contributed by atoms with Crippen molar-refractivity contribution in [2.45, 2.75) is 13.3 Å². The van der Waals surface area contributed by atoms with E-state index in [1.807, 2.05) is 12.2 Å². The third kappa shape index (κ3) is 1.73. The molecule has 0 bridgehead atoms. The molecule has 0 aromatic rings. The number of allylic oxidation sites excluding steroid dienone is 7. The first-order chi connectivity index (χ1) is 4.83. The van der Waals surface area contributed by atoms with Crippen molar-refractivity contribution in [3.8, 4) is 0 Å². The van der Waals surface area contributed by atoms with Gasteiger partial charge in [0.25, 0.3) is 0 Å². The second-order valence-electron chi connectivity index (χ2n) is 2.46. The molecular weight excluding hydrogens is 120 g/mol. The molecule has 0 N–H and O–H groups in total. The Morgan fingerprint density at radius 2 is 2.30 bits per heavy atom. The van der Waals surface area contributed by atoms with Gasteiger partial charge in [-0.05, 0) is 18.9 Å². The van der Waals surface area contributed by atoms with Crippen LogP contribution in [0.15, 0.2) is 48.1 Å². The standard InChI is InChI=1S/C10H12/c1-3-4-10-7-5-9(2)6-8-10/h3-7H,1,8H2,2H3. The third-order valence-electron chi connectivity index (χ3n) is 1.55. The van der Waals surface area contributed by atoms with Crippen molar-refractivity contribution in [2.24, 2.45) is 0 Å². The molecule has 0 aromatic heterocycles. The van der Waals surface area contributed by atoms with Crippen molar-refractivity contribution in [2.75, 3.05) is 0 Å². The molecule has 0 amide bonds. The highest BCUT2D eigenvalue weighted by atomic mass is 14.0. The summed E-state index contributed by atoms with van der Waals surface area (Å²) < 4.78 is 0. The van der Waals surface area contributed by atoms with Crippen molar-refractivity contribution in [3.05, 3.63) is 48.1 Å². The van der Waals surface area contributed by atoms with Crippen LogP contribution in [0.25, 0.3) is 0 Å². The molecular formula is C10H12. The summed E-state index contributed by atoms with van der Waals surface area (Å²) in [7, 11) is 0. The van der Waals surface area contributed by atoms with E-state index in [1.165, 1.54) is 11.1 Å². The van der Waals surface area contributed by atoms with Crippen LogP contribution in [0, 0.1) is 0 Å². The fourth-order valence-corrected chi connectivity index (χ4v) is 0.928. The van der Waals surface area contributed by atoms with E-state index >= 15 is 0 Å². The smallest absolute Gasteiger partial charge is 0.00917 e. The van der Waals surface area contributed by atoms with Crippen molar-refractivity contribution in [1.82, 2.24) is 0 Å².